The highest BCUT2D eigenvalue weighted by atomic mass is 35.5. The van der Waals surface area contributed by atoms with E-state index in [-0.39, 0.29) is 25.0 Å². The lowest BCUT2D eigenvalue weighted by Gasteiger charge is -2.29. The van der Waals surface area contributed by atoms with E-state index >= 15 is 0 Å². The van der Waals surface area contributed by atoms with Crippen molar-refractivity contribution < 1.29 is 18.7 Å². The first kappa shape index (κ1) is 17.0. The number of aromatic nitrogens is 2. The number of amides is 2. The lowest BCUT2D eigenvalue weighted by atomic mass is 10.2. The van der Waals surface area contributed by atoms with Crippen LogP contribution < -0.4 is 15.0 Å². The van der Waals surface area contributed by atoms with Crippen molar-refractivity contribution in [3.8, 4) is 17.2 Å². The molecule has 2 aromatic carbocycles. The number of hydrogen-bond acceptors (Lipinski definition) is 6. The van der Waals surface area contributed by atoms with Gasteiger partial charge in [-0.1, -0.05) is 17.7 Å². The average Bonchev–Trinajstić information content (AvgIpc) is 3.19. The Labute approximate surface area is 158 Å². The van der Waals surface area contributed by atoms with Crippen LogP contribution in [-0.4, -0.2) is 35.2 Å². The summed E-state index contributed by atoms with van der Waals surface area (Å²) in [6, 6.07) is 11.9. The van der Waals surface area contributed by atoms with E-state index in [1.54, 1.807) is 42.5 Å². The highest BCUT2D eigenvalue weighted by molar-refractivity contribution is 6.31. The summed E-state index contributed by atoms with van der Waals surface area (Å²) < 4.78 is 10.5. The number of benzene rings is 2. The quantitative estimate of drug-likeness (QED) is 0.742. The van der Waals surface area contributed by atoms with Gasteiger partial charge in [0.1, 0.15) is 12.3 Å². The van der Waals surface area contributed by atoms with E-state index in [4.69, 9.17) is 20.8 Å². The van der Waals surface area contributed by atoms with Gasteiger partial charge in [0.2, 0.25) is 18.2 Å². The van der Waals surface area contributed by atoms with Gasteiger partial charge < -0.3 is 14.5 Å². The van der Waals surface area contributed by atoms with Crippen molar-refractivity contribution in [2.24, 2.45) is 0 Å². The topological polar surface area (TPSA) is 97.6 Å². The summed E-state index contributed by atoms with van der Waals surface area (Å²) in [4.78, 5) is 26.1. The van der Waals surface area contributed by atoms with E-state index in [0.29, 0.717) is 33.6 Å². The maximum Gasteiger partial charge on any atom is 0.265 e. The van der Waals surface area contributed by atoms with E-state index in [1.807, 2.05) is 0 Å². The molecule has 0 radical (unpaired) electrons. The molecule has 3 aromatic rings. The smallest absolute Gasteiger partial charge is 0.265 e. The molecule has 4 rings (SSSR count). The number of nitrogens with one attached hydrogen (secondary N) is 1. The minimum Gasteiger partial charge on any atom is -0.482 e. The molecule has 9 heteroatoms. The Morgan fingerprint density at radius 2 is 2.15 bits per heavy atom. The van der Waals surface area contributed by atoms with Crippen LogP contribution in [0.15, 0.2) is 53.3 Å². The minimum atomic E-state index is -0.362. The van der Waals surface area contributed by atoms with Gasteiger partial charge in [0.25, 0.3) is 5.91 Å². The number of carbonyl (C=O) groups excluding carboxylic acids is 2. The number of fused-ring (bicyclic) bond motifs is 1. The summed E-state index contributed by atoms with van der Waals surface area (Å²) in [5.74, 6) is 0.168. The molecular formula is C18H13ClN4O4. The molecule has 2 heterocycles. The van der Waals surface area contributed by atoms with E-state index < -0.39 is 0 Å². The van der Waals surface area contributed by atoms with Crippen LogP contribution in [-0.2, 0) is 9.59 Å². The van der Waals surface area contributed by atoms with E-state index in [1.165, 1.54) is 11.3 Å². The van der Waals surface area contributed by atoms with Gasteiger partial charge in [-0.25, -0.2) is 0 Å². The largest absolute Gasteiger partial charge is 0.482 e. The van der Waals surface area contributed by atoms with Gasteiger partial charge in [0.05, 0.1) is 5.69 Å². The molecule has 2 amide bonds. The van der Waals surface area contributed by atoms with Crippen molar-refractivity contribution in [2.45, 2.75) is 0 Å². The molecule has 0 unspecified atom stereocenters. The Kier molecular flexibility index (Phi) is 4.47. The molecular weight excluding hydrogens is 372 g/mol. The SMILES string of the molecule is O=C(CN1C(=O)COc2ccc(Cl)cc21)Nc1cccc(-c2nnco2)c1. The van der Waals surface area contributed by atoms with Gasteiger partial charge in [-0.15, -0.1) is 10.2 Å². The average molecular weight is 385 g/mol. The number of carbonyl (C=O) groups is 2. The second-order valence-corrected chi connectivity index (χ2v) is 6.19. The van der Waals surface area contributed by atoms with Crippen molar-refractivity contribution in [1.82, 2.24) is 10.2 Å². The molecule has 0 fully saturated rings. The molecule has 8 nitrogen and oxygen atoms in total. The number of hydrogen-bond donors (Lipinski definition) is 1. The van der Waals surface area contributed by atoms with Crippen LogP contribution in [0.5, 0.6) is 5.75 Å². The minimum absolute atomic E-state index is 0.130. The van der Waals surface area contributed by atoms with Gasteiger partial charge >= 0.3 is 0 Å². The Balaban J connectivity index is 1.51. The number of halogens is 1. The van der Waals surface area contributed by atoms with Gasteiger partial charge in [0, 0.05) is 16.3 Å². The summed E-state index contributed by atoms with van der Waals surface area (Å²) in [5.41, 5.74) is 1.68. The summed E-state index contributed by atoms with van der Waals surface area (Å²) in [5, 5.41) is 10.7. The first-order chi connectivity index (χ1) is 13.1. The fourth-order valence-electron chi connectivity index (χ4n) is 2.72. The molecule has 1 N–H and O–H groups in total. The molecule has 136 valence electrons. The van der Waals surface area contributed by atoms with Crippen LogP contribution in [0.25, 0.3) is 11.5 Å². The van der Waals surface area contributed by atoms with Crippen LogP contribution >= 0.6 is 11.6 Å². The predicted molar refractivity (Wildman–Crippen MR) is 97.7 cm³/mol. The Morgan fingerprint density at radius 1 is 1.26 bits per heavy atom. The van der Waals surface area contributed by atoms with Crippen molar-refractivity contribution in [3.63, 3.8) is 0 Å². The maximum absolute atomic E-state index is 12.5. The molecule has 0 saturated carbocycles. The van der Waals surface area contributed by atoms with E-state index in [0.717, 1.165) is 0 Å². The van der Waals surface area contributed by atoms with Crippen LogP contribution in [0.3, 0.4) is 0 Å². The Morgan fingerprint density at radius 3 is 2.96 bits per heavy atom. The van der Waals surface area contributed by atoms with Crippen LogP contribution in [0.4, 0.5) is 11.4 Å². The molecule has 0 spiro atoms. The number of anilines is 2. The molecule has 27 heavy (non-hydrogen) atoms. The van der Waals surface area contributed by atoms with Gasteiger partial charge in [-0.05, 0) is 36.4 Å². The molecule has 1 aliphatic rings. The lowest BCUT2D eigenvalue weighted by Crippen LogP contribution is -2.43. The second kappa shape index (κ2) is 7.08. The molecule has 1 aliphatic heterocycles. The van der Waals surface area contributed by atoms with Gasteiger partial charge in [0.15, 0.2) is 6.61 Å². The number of rotatable bonds is 4. The fourth-order valence-corrected chi connectivity index (χ4v) is 2.89. The zero-order valence-electron chi connectivity index (χ0n) is 13.9. The monoisotopic (exact) mass is 384 g/mol. The third-order valence-electron chi connectivity index (χ3n) is 3.92. The third-order valence-corrected chi connectivity index (χ3v) is 4.15. The van der Waals surface area contributed by atoms with Crippen molar-refractivity contribution in [3.05, 3.63) is 53.9 Å². The van der Waals surface area contributed by atoms with E-state index in [9.17, 15) is 9.59 Å². The zero-order valence-corrected chi connectivity index (χ0v) is 14.6. The summed E-state index contributed by atoms with van der Waals surface area (Å²) in [6.07, 6.45) is 1.23. The molecule has 0 bridgehead atoms. The lowest BCUT2D eigenvalue weighted by molar-refractivity contribution is -0.123. The summed E-state index contributed by atoms with van der Waals surface area (Å²) in [7, 11) is 0. The van der Waals surface area contributed by atoms with Crippen molar-refractivity contribution in [2.75, 3.05) is 23.4 Å². The van der Waals surface area contributed by atoms with Gasteiger partial charge in [-0.2, -0.15) is 0 Å². The predicted octanol–water partition coefficient (Wildman–Crippen LogP) is 2.75. The van der Waals surface area contributed by atoms with Crippen LogP contribution in [0.1, 0.15) is 0 Å². The Hall–Kier alpha value is -3.39. The molecule has 0 aliphatic carbocycles. The second-order valence-electron chi connectivity index (χ2n) is 5.75. The molecule has 0 atom stereocenters. The van der Waals surface area contributed by atoms with Crippen molar-refractivity contribution >= 4 is 34.8 Å². The first-order valence-corrected chi connectivity index (χ1v) is 8.37. The van der Waals surface area contributed by atoms with Crippen LogP contribution in [0.2, 0.25) is 5.02 Å². The number of nitrogens with zero attached hydrogens (tertiary/aromatic N) is 3. The number of ether oxygens (including phenoxy) is 1. The highest BCUT2D eigenvalue weighted by Crippen LogP contribution is 2.34. The summed E-state index contributed by atoms with van der Waals surface area (Å²) >= 11 is 6.01. The fraction of sp³-hybridized carbons (Fsp3) is 0.111. The third kappa shape index (κ3) is 3.61. The first-order valence-electron chi connectivity index (χ1n) is 7.99. The zero-order chi connectivity index (χ0) is 18.8. The van der Waals surface area contributed by atoms with Crippen molar-refractivity contribution in [1.29, 1.82) is 0 Å². The van der Waals surface area contributed by atoms with Gasteiger partial charge in [-0.3, -0.25) is 14.5 Å². The van der Waals surface area contributed by atoms with Crippen LogP contribution in [0, 0.1) is 0 Å². The van der Waals surface area contributed by atoms with E-state index in [2.05, 4.69) is 15.5 Å². The Bertz CT molecular complexity index is 1010. The normalized spacial score (nSPS) is 13.1. The molecule has 0 saturated heterocycles. The maximum atomic E-state index is 12.5. The summed E-state index contributed by atoms with van der Waals surface area (Å²) in [6.45, 7) is -0.297. The molecule has 1 aromatic heterocycles. The highest BCUT2D eigenvalue weighted by Gasteiger charge is 2.27. The standard InChI is InChI=1S/C18H13ClN4O4/c19-12-4-5-15-14(7-12)23(17(25)9-26-15)8-16(24)21-13-3-1-2-11(6-13)18-22-20-10-27-18/h1-7,10H,8-9H2,(H,21,24).